The van der Waals surface area contributed by atoms with E-state index >= 15 is 0 Å². The molecule has 1 saturated heterocycles. The van der Waals surface area contributed by atoms with Crippen molar-refractivity contribution in [3.63, 3.8) is 0 Å². The Bertz CT molecular complexity index is 438. The van der Waals surface area contributed by atoms with Gasteiger partial charge in [-0.2, -0.15) is 0 Å². The predicted octanol–water partition coefficient (Wildman–Crippen LogP) is 1.24. The van der Waals surface area contributed by atoms with E-state index in [0.29, 0.717) is 24.3 Å². The summed E-state index contributed by atoms with van der Waals surface area (Å²) >= 11 is 3.32. The van der Waals surface area contributed by atoms with Crippen molar-refractivity contribution in [1.82, 2.24) is 4.90 Å². The average Bonchev–Trinajstić information content (AvgIpc) is 2.17. The van der Waals surface area contributed by atoms with Gasteiger partial charge in [-0.1, -0.05) is 0 Å². The number of hydrogen-bond acceptors (Lipinski definition) is 3. The van der Waals surface area contributed by atoms with Crippen LogP contribution >= 0.6 is 15.9 Å². The van der Waals surface area contributed by atoms with Crippen LogP contribution in [0.5, 0.6) is 0 Å². The predicted molar refractivity (Wildman–Crippen MR) is 65.1 cm³/mol. The number of hydrogen-bond donors (Lipinski definition) is 2. The second-order valence-corrected chi connectivity index (χ2v) is 5.25. The number of β-amino-alcohol motifs (C(OH)–C–C–N with tert-alkyl or cyclic N) is 1. The van der Waals surface area contributed by atoms with Crippen molar-refractivity contribution in [2.24, 2.45) is 0 Å². The van der Waals surface area contributed by atoms with E-state index in [1.807, 2.05) is 0 Å². The topological polar surface area (TPSA) is 66.6 Å². The molecule has 16 heavy (non-hydrogen) atoms. The molecule has 0 atom stereocenters. The zero-order chi connectivity index (χ0) is 11.9. The van der Waals surface area contributed by atoms with E-state index in [-0.39, 0.29) is 5.91 Å². The summed E-state index contributed by atoms with van der Waals surface area (Å²) < 4.78 is 0.721. The van der Waals surface area contributed by atoms with E-state index in [0.717, 1.165) is 4.47 Å². The molecule has 0 unspecified atom stereocenters. The first-order valence-corrected chi connectivity index (χ1v) is 5.75. The van der Waals surface area contributed by atoms with Crippen molar-refractivity contribution in [3.8, 4) is 0 Å². The zero-order valence-corrected chi connectivity index (χ0v) is 10.5. The highest BCUT2D eigenvalue weighted by atomic mass is 79.9. The number of rotatable bonds is 1. The summed E-state index contributed by atoms with van der Waals surface area (Å²) in [6.07, 6.45) is 0. The minimum atomic E-state index is -0.748. The molecule has 1 fully saturated rings. The first-order valence-electron chi connectivity index (χ1n) is 4.96. The van der Waals surface area contributed by atoms with Gasteiger partial charge in [0.1, 0.15) is 0 Å². The lowest BCUT2D eigenvalue weighted by Gasteiger charge is -2.44. The number of likely N-dealkylation sites (tertiary alicyclic amines) is 1. The molecule has 4 nitrogen and oxygen atoms in total. The van der Waals surface area contributed by atoms with Gasteiger partial charge in [0, 0.05) is 10.2 Å². The Morgan fingerprint density at radius 2 is 2.19 bits per heavy atom. The van der Waals surface area contributed by atoms with Crippen LogP contribution in [-0.2, 0) is 0 Å². The number of nitrogens with two attached hydrogens (primary N) is 1. The number of carbonyl (C=O) groups is 1. The average molecular weight is 285 g/mol. The number of anilines is 1. The number of halogens is 1. The molecule has 0 aromatic heterocycles. The third kappa shape index (κ3) is 2.05. The third-order valence-electron chi connectivity index (χ3n) is 2.57. The molecular formula is C11H13BrN2O2. The van der Waals surface area contributed by atoms with Crippen LogP contribution in [0.3, 0.4) is 0 Å². The summed E-state index contributed by atoms with van der Waals surface area (Å²) in [5, 5.41) is 9.57. The quantitative estimate of drug-likeness (QED) is 0.763. The second kappa shape index (κ2) is 3.75. The maximum atomic E-state index is 12.0. The monoisotopic (exact) mass is 284 g/mol. The van der Waals surface area contributed by atoms with E-state index in [2.05, 4.69) is 15.9 Å². The molecule has 0 radical (unpaired) electrons. The van der Waals surface area contributed by atoms with Crippen LogP contribution in [0.2, 0.25) is 0 Å². The molecule has 0 spiro atoms. The van der Waals surface area contributed by atoms with Crippen LogP contribution in [0.25, 0.3) is 0 Å². The summed E-state index contributed by atoms with van der Waals surface area (Å²) in [5.74, 6) is -0.106. The lowest BCUT2D eigenvalue weighted by atomic mass is 9.96. The first kappa shape index (κ1) is 11.4. The van der Waals surface area contributed by atoms with Gasteiger partial charge in [0.25, 0.3) is 5.91 Å². The van der Waals surface area contributed by atoms with Gasteiger partial charge in [-0.15, -0.1) is 0 Å². The largest absolute Gasteiger partial charge is 0.399 e. The Morgan fingerprint density at radius 3 is 2.75 bits per heavy atom. The maximum Gasteiger partial charge on any atom is 0.255 e. The third-order valence-corrected chi connectivity index (χ3v) is 3.26. The highest BCUT2D eigenvalue weighted by Gasteiger charge is 2.40. The van der Waals surface area contributed by atoms with Crippen LogP contribution in [0, 0.1) is 0 Å². The zero-order valence-electron chi connectivity index (χ0n) is 8.90. The van der Waals surface area contributed by atoms with Gasteiger partial charge >= 0.3 is 0 Å². The van der Waals surface area contributed by atoms with Gasteiger partial charge in [0.2, 0.25) is 0 Å². The van der Waals surface area contributed by atoms with Crippen LogP contribution < -0.4 is 5.73 Å². The smallest absolute Gasteiger partial charge is 0.255 e. The molecule has 1 aromatic carbocycles. The van der Waals surface area contributed by atoms with E-state index in [1.54, 1.807) is 30.0 Å². The van der Waals surface area contributed by atoms with Crippen LogP contribution in [-0.4, -0.2) is 34.6 Å². The first-order chi connectivity index (χ1) is 7.39. The van der Waals surface area contributed by atoms with Crippen molar-refractivity contribution >= 4 is 27.5 Å². The SMILES string of the molecule is CC1(O)CN(C(=O)c2cc(N)ccc2Br)C1. The van der Waals surface area contributed by atoms with Crippen molar-refractivity contribution in [1.29, 1.82) is 0 Å². The standard InChI is InChI=1S/C11H13BrN2O2/c1-11(16)5-14(6-11)10(15)8-4-7(13)2-3-9(8)12/h2-4,16H,5-6,13H2,1H3. The van der Waals surface area contributed by atoms with Gasteiger partial charge in [-0.3, -0.25) is 4.79 Å². The summed E-state index contributed by atoms with van der Waals surface area (Å²) in [6, 6.07) is 5.12. The van der Waals surface area contributed by atoms with Crippen molar-refractivity contribution in [2.45, 2.75) is 12.5 Å². The lowest BCUT2D eigenvalue weighted by Crippen LogP contribution is -2.61. The van der Waals surface area contributed by atoms with Crippen LogP contribution in [0.4, 0.5) is 5.69 Å². The van der Waals surface area contributed by atoms with Gasteiger partial charge in [-0.25, -0.2) is 0 Å². The van der Waals surface area contributed by atoms with E-state index in [4.69, 9.17) is 5.73 Å². The van der Waals surface area contributed by atoms with Gasteiger partial charge in [0.15, 0.2) is 0 Å². The highest BCUT2D eigenvalue weighted by molar-refractivity contribution is 9.10. The molecule has 2 rings (SSSR count). The fourth-order valence-electron chi connectivity index (χ4n) is 1.80. The Kier molecular flexibility index (Phi) is 2.67. The summed E-state index contributed by atoms with van der Waals surface area (Å²) in [5.41, 5.74) is 5.98. The molecule has 5 heteroatoms. The number of aliphatic hydroxyl groups is 1. The van der Waals surface area contributed by atoms with Crippen LogP contribution in [0.15, 0.2) is 22.7 Å². The Balaban J connectivity index is 2.19. The molecule has 0 saturated carbocycles. The fraction of sp³-hybridized carbons (Fsp3) is 0.364. The summed E-state index contributed by atoms with van der Waals surface area (Å²) in [4.78, 5) is 13.6. The fourth-order valence-corrected chi connectivity index (χ4v) is 2.21. The van der Waals surface area contributed by atoms with Crippen molar-refractivity contribution in [2.75, 3.05) is 18.8 Å². The summed E-state index contributed by atoms with van der Waals surface area (Å²) in [7, 11) is 0. The Morgan fingerprint density at radius 1 is 1.56 bits per heavy atom. The normalized spacial score (nSPS) is 18.1. The maximum absolute atomic E-state index is 12.0. The van der Waals surface area contributed by atoms with E-state index < -0.39 is 5.60 Å². The van der Waals surface area contributed by atoms with Crippen LogP contribution in [0.1, 0.15) is 17.3 Å². The number of benzene rings is 1. The van der Waals surface area contributed by atoms with E-state index in [9.17, 15) is 9.90 Å². The minimum Gasteiger partial charge on any atom is -0.399 e. The van der Waals surface area contributed by atoms with Gasteiger partial charge < -0.3 is 15.7 Å². The molecule has 1 aliphatic rings. The molecule has 1 aromatic rings. The number of carbonyl (C=O) groups excluding carboxylic acids is 1. The molecular weight excluding hydrogens is 272 g/mol. The number of nitrogens with zero attached hydrogens (tertiary/aromatic N) is 1. The summed E-state index contributed by atoms with van der Waals surface area (Å²) in [6.45, 7) is 2.45. The Hall–Kier alpha value is -1.07. The molecule has 86 valence electrons. The molecule has 0 bridgehead atoms. The van der Waals surface area contributed by atoms with Crippen molar-refractivity contribution < 1.29 is 9.90 Å². The lowest BCUT2D eigenvalue weighted by molar-refractivity contribution is -0.0669. The molecule has 3 N–H and O–H groups in total. The van der Waals surface area contributed by atoms with E-state index in [1.165, 1.54) is 0 Å². The second-order valence-electron chi connectivity index (χ2n) is 4.40. The van der Waals surface area contributed by atoms with Gasteiger partial charge in [-0.05, 0) is 41.1 Å². The molecule has 1 amide bonds. The molecule has 1 heterocycles. The highest BCUT2D eigenvalue weighted by Crippen LogP contribution is 2.26. The molecule has 0 aliphatic carbocycles. The Labute approximate surface area is 102 Å². The number of amides is 1. The number of nitrogen functional groups attached to an aromatic ring is 1. The van der Waals surface area contributed by atoms with Gasteiger partial charge in [0.05, 0.1) is 24.3 Å². The molecule has 1 aliphatic heterocycles. The minimum absolute atomic E-state index is 0.106. The van der Waals surface area contributed by atoms with Crippen molar-refractivity contribution in [3.05, 3.63) is 28.2 Å².